The zero-order chi connectivity index (χ0) is 9.73. The standard InChI is InChI=1S/C9H18N2O2/c1-9(2-6-13-7-3-9)8(12)11-5-4-10/h2-7,10H2,1H3,(H,11,12). The summed E-state index contributed by atoms with van der Waals surface area (Å²) in [6.07, 6.45) is 1.62. The Hall–Kier alpha value is -0.610. The third kappa shape index (κ3) is 2.67. The fraction of sp³-hybridized carbons (Fsp3) is 0.889. The van der Waals surface area contributed by atoms with Gasteiger partial charge in [-0.25, -0.2) is 0 Å². The Bertz CT molecular complexity index is 176. The van der Waals surface area contributed by atoms with Crippen LogP contribution in [0.5, 0.6) is 0 Å². The molecular weight excluding hydrogens is 168 g/mol. The quantitative estimate of drug-likeness (QED) is 0.645. The molecule has 4 heteroatoms. The number of nitrogens with two attached hydrogens (primary N) is 1. The first-order valence-electron chi connectivity index (χ1n) is 4.75. The average Bonchev–Trinajstić information content (AvgIpc) is 2.15. The van der Waals surface area contributed by atoms with Crippen molar-refractivity contribution in [2.75, 3.05) is 26.3 Å². The summed E-state index contributed by atoms with van der Waals surface area (Å²) < 4.78 is 5.21. The van der Waals surface area contributed by atoms with Gasteiger partial charge in [-0.1, -0.05) is 6.92 Å². The number of carbonyl (C=O) groups is 1. The van der Waals surface area contributed by atoms with Gasteiger partial charge in [-0.15, -0.1) is 0 Å². The highest BCUT2D eigenvalue weighted by Gasteiger charge is 2.34. The lowest BCUT2D eigenvalue weighted by molar-refractivity contribution is -0.135. The first-order valence-corrected chi connectivity index (χ1v) is 4.75. The third-order valence-corrected chi connectivity index (χ3v) is 2.57. The Morgan fingerprint density at radius 2 is 2.15 bits per heavy atom. The van der Waals surface area contributed by atoms with E-state index in [9.17, 15) is 4.79 Å². The van der Waals surface area contributed by atoms with Crippen LogP contribution in [0.15, 0.2) is 0 Å². The summed E-state index contributed by atoms with van der Waals surface area (Å²) in [6, 6.07) is 0. The fourth-order valence-corrected chi connectivity index (χ4v) is 1.45. The number of ether oxygens (including phenoxy) is 1. The summed E-state index contributed by atoms with van der Waals surface area (Å²) in [6.45, 7) is 4.42. The highest BCUT2D eigenvalue weighted by atomic mass is 16.5. The lowest BCUT2D eigenvalue weighted by Crippen LogP contribution is -2.44. The van der Waals surface area contributed by atoms with Crippen molar-refractivity contribution >= 4 is 5.91 Å². The van der Waals surface area contributed by atoms with Crippen LogP contribution in [-0.4, -0.2) is 32.2 Å². The van der Waals surface area contributed by atoms with Crippen LogP contribution in [0.3, 0.4) is 0 Å². The van der Waals surface area contributed by atoms with E-state index in [1.807, 2.05) is 6.92 Å². The molecule has 4 nitrogen and oxygen atoms in total. The van der Waals surface area contributed by atoms with Gasteiger partial charge in [0.1, 0.15) is 0 Å². The summed E-state index contributed by atoms with van der Waals surface area (Å²) in [4.78, 5) is 11.7. The van der Waals surface area contributed by atoms with Crippen molar-refractivity contribution in [3.05, 3.63) is 0 Å². The number of nitrogens with one attached hydrogen (secondary N) is 1. The maximum Gasteiger partial charge on any atom is 0.226 e. The zero-order valence-electron chi connectivity index (χ0n) is 8.14. The van der Waals surface area contributed by atoms with E-state index in [1.54, 1.807) is 0 Å². The molecule has 0 saturated carbocycles. The SMILES string of the molecule is CC1(C(=O)NCCN)CCOCC1. The third-order valence-electron chi connectivity index (χ3n) is 2.57. The van der Waals surface area contributed by atoms with Crippen molar-refractivity contribution in [3.8, 4) is 0 Å². The summed E-state index contributed by atoms with van der Waals surface area (Å²) in [7, 11) is 0. The smallest absolute Gasteiger partial charge is 0.226 e. The number of rotatable bonds is 3. The highest BCUT2D eigenvalue weighted by molar-refractivity contribution is 5.82. The van der Waals surface area contributed by atoms with Crippen molar-refractivity contribution in [2.24, 2.45) is 11.1 Å². The van der Waals surface area contributed by atoms with E-state index in [-0.39, 0.29) is 11.3 Å². The van der Waals surface area contributed by atoms with Crippen molar-refractivity contribution in [3.63, 3.8) is 0 Å². The van der Waals surface area contributed by atoms with Gasteiger partial charge in [-0.3, -0.25) is 4.79 Å². The van der Waals surface area contributed by atoms with Gasteiger partial charge in [-0.2, -0.15) is 0 Å². The van der Waals surface area contributed by atoms with E-state index in [4.69, 9.17) is 10.5 Å². The van der Waals surface area contributed by atoms with Crippen LogP contribution in [0.25, 0.3) is 0 Å². The Kier molecular flexibility index (Phi) is 3.69. The second kappa shape index (κ2) is 4.58. The van der Waals surface area contributed by atoms with Crippen LogP contribution >= 0.6 is 0 Å². The number of amides is 1. The molecule has 0 aromatic heterocycles. The summed E-state index contributed by atoms with van der Waals surface area (Å²) in [5.74, 6) is 0.112. The molecule has 1 aliphatic heterocycles. The maximum absolute atomic E-state index is 11.7. The lowest BCUT2D eigenvalue weighted by atomic mass is 9.81. The zero-order valence-corrected chi connectivity index (χ0v) is 8.14. The van der Waals surface area contributed by atoms with Crippen molar-refractivity contribution in [1.29, 1.82) is 0 Å². The Balaban J connectivity index is 2.42. The van der Waals surface area contributed by atoms with Gasteiger partial charge in [-0.05, 0) is 12.8 Å². The lowest BCUT2D eigenvalue weighted by Gasteiger charge is -2.31. The van der Waals surface area contributed by atoms with Crippen LogP contribution < -0.4 is 11.1 Å². The first-order chi connectivity index (χ1) is 6.19. The molecule has 0 unspecified atom stereocenters. The molecule has 0 spiro atoms. The predicted molar refractivity (Wildman–Crippen MR) is 50.2 cm³/mol. The van der Waals surface area contributed by atoms with E-state index in [0.717, 1.165) is 12.8 Å². The van der Waals surface area contributed by atoms with Crippen LogP contribution in [0.1, 0.15) is 19.8 Å². The van der Waals surface area contributed by atoms with Gasteiger partial charge in [0.25, 0.3) is 0 Å². The van der Waals surface area contributed by atoms with Crippen molar-refractivity contribution < 1.29 is 9.53 Å². The molecule has 3 N–H and O–H groups in total. The van der Waals surface area contributed by atoms with Crippen LogP contribution in [-0.2, 0) is 9.53 Å². The molecule has 1 saturated heterocycles. The van der Waals surface area contributed by atoms with Crippen LogP contribution in [0.4, 0.5) is 0 Å². The Morgan fingerprint density at radius 3 is 2.69 bits per heavy atom. The van der Waals surface area contributed by atoms with Gasteiger partial charge in [0.2, 0.25) is 5.91 Å². The molecule has 0 aromatic carbocycles. The molecule has 13 heavy (non-hydrogen) atoms. The van der Waals surface area contributed by atoms with E-state index in [0.29, 0.717) is 26.3 Å². The number of hydrogen-bond acceptors (Lipinski definition) is 3. The van der Waals surface area contributed by atoms with Gasteiger partial charge < -0.3 is 15.8 Å². The minimum Gasteiger partial charge on any atom is -0.381 e. The van der Waals surface area contributed by atoms with E-state index in [2.05, 4.69) is 5.32 Å². The molecule has 76 valence electrons. The summed E-state index contributed by atoms with van der Waals surface area (Å²) in [5, 5.41) is 2.82. The Morgan fingerprint density at radius 1 is 1.54 bits per heavy atom. The fourth-order valence-electron chi connectivity index (χ4n) is 1.45. The monoisotopic (exact) mass is 186 g/mol. The first kappa shape index (κ1) is 10.5. The maximum atomic E-state index is 11.7. The van der Waals surface area contributed by atoms with E-state index in [1.165, 1.54) is 0 Å². The van der Waals surface area contributed by atoms with Crippen molar-refractivity contribution in [1.82, 2.24) is 5.32 Å². The molecular formula is C9H18N2O2. The number of hydrogen-bond donors (Lipinski definition) is 2. The van der Waals surface area contributed by atoms with Gasteiger partial charge in [0.15, 0.2) is 0 Å². The van der Waals surface area contributed by atoms with Gasteiger partial charge in [0.05, 0.1) is 5.41 Å². The second-order valence-corrected chi connectivity index (χ2v) is 3.72. The topological polar surface area (TPSA) is 64.4 Å². The predicted octanol–water partition coefficient (Wildman–Crippen LogP) is -0.122. The highest BCUT2D eigenvalue weighted by Crippen LogP contribution is 2.29. The van der Waals surface area contributed by atoms with Crippen molar-refractivity contribution in [2.45, 2.75) is 19.8 Å². The minimum absolute atomic E-state index is 0.112. The minimum atomic E-state index is -0.243. The summed E-state index contributed by atoms with van der Waals surface area (Å²) >= 11 is 0. The van der Waals surface area contributed by atoms with E-state index >= 15 is 0 Å². The normalized spacial score (nSPS) is 21.1. The molecule has 0 atom stereocenters. The molecule has 1 aliphatic rings. The molecule has 0 radical (unpaired) electrons. The molecule has 1 heterocycles. The second-order valence-electron chi connectivity index (χ2n) is 3.72. The summed E-state index contributed by atoms with van der Waals surface area (Å²) in [5.41, 5.74) is 5.07. The van der Waals surface area contributed by atoms with Crippen LogP contribution in [0, 0.1) is 5.41 Å². The molecule has 0 bridgehead atoms. The average molecular weight is 186 g/mol. The van der Waals surface area contributed by atoms with E-state index < -0.39 is 0 Å². The van der Waals surface area contributed by atoms with Gasteiger partial charge >= 0.3 is 0 Å². The molecule has 0 aliphatic carbocycles. The van der Waals surface area contributed by atoms with Gasteiger partial charge in [0, 0.05) is 26.3 Å². The van der Waals surface area contributed by atoms with Crippen LogP contribution in [0.2, 0.25) is 0 Å². The largest absolute Gasteiger partial charge is 0.381 e. The molecule has 1 rings (SSSR count). The number of carbonyl (C=O) groups excluding carboxylic acids is 1. The molecule has 1 fully saturated rings. The molecule has 1 amide bonds. The Labute approximate surface area is 78.8 Å². The molecule has 0 aromatic rings.